The summed E-state index contributed by atoms with van der Waals surface area (Å²) in [5.74, 6) is 0.725. The smallest absolute Gasteiger partial charge is 0.410 e. The second-order valence-corrected chi connectivity index (χ2v) is 7.44. The number of ether oxygens (including phenoxy) is 1. The van der Waals surface area contributed by atoms with Gasteiger partial charge in [-0.15, -0.1) is 35.3 Å². The van der Waals surface area contributed by atoms with Crippen molar-refractivity contribution in [1.82, 2.24) is 15.5 Å². The SMILES string of the molecule is CCN(CCNC(=NC)NCc1sccc1C)C(=O)OC(C)(C)C.I. The van der Waals surface area contributed by atoms with E-state index in [1.54, 1.807) is 23.3 Å². The molecule has 6 nitrogen and oxygen atoms in total. The van der Waals surface area contributed by atoms with Crippen LogP contribution in [0, 0.1) is 6.92 Å². The molecule has 0 spiro atoms. The molecule has 0 fully saturated rings. The first-order chi connectivity index (χ1) is 11.3. The number of aryl methyl sites for hydroxylation is 1. The molecule has 0 atom stereocenters. The highest BCUT2D eigenvalue weighted by Gasteiger charge is 2.20. The molecule has 2 N–H and O–H groups in total. The van der Waals surface area contributed by atoms with Gasteiger partial charge in [0.15, 0.2) is 5.96 Å². The summed E-state index contributed by atoms with van der Waals surface area (Å²) in [7, 11) is 1.74. The zero-order chi connectivity index (χ0) is 18.2. The Morgan fingerprint density at radius 1 is 1.36 bits per heavy atom. The molecule has 0 aliphatic heterocycles. The second kappa shape index (κ2) is 11.6. The number of halogens is 1. The average molecular weight is 482 g/mol. The maximum absolute atomic E-state index is 12.1. The lowest BCUT2D eigenvalue weighted by Gasteiger charge is -2.26. The summed E-state index contributed by atoms with van der Waals surface area (Å²) in [5, 5.41) is 8.60. The van der Waals surface area contributed by atoms with Gasteiger partial charge in [0.1, 0.15) is 5.60 Å². The van der Waals surface area contributed by atoms with Crippen LogP contribution in [0.25, 0.3) is 0 Å². The number of guanidine groups is 1. The Morgan fingerprint density at radius 2 is 2.04 bits per heavy atom. The van der Waals surface area contributed by atoms with Gasteiger partial charge in [-0.2, -0.15) is 0 Å². The molecule has 0 saturated heterocycles. The fraction of sp³-hybridized carbons (Fsp3) is 0.647. The van der Waals surface area contributed by atoms with Gasteiger partial charge in [-0.3, -0.25) is 4.99 Å². The fourth-order valence-corrected chi connectivity index (χ4v) is 2.83. The van der Waals surface area contributed by atoms with E-state index in [1.165, 1.54) is 10.4 Å². The van der Waals surface area contributed by atoms with Gasteiger partial charge in [0, 0.05) is 31.6 Å². The number of carbonyl (C=O) groups is 1. The lowest BCUT2D eigenvalue weighted by molar-refractivity contribution is 0.0264. The molecule has 0 bridgehead atoms. The van der Waals surface area contributed by atoms with Crippen molar-refractivity contribution in [2.75, 3.05) is 26.7 Å². The standard InChI is InChI=1S/C17H30N4O2S.HI/c1-7-21(16(22)23-17(3,4)5)10-9-19-15(18-6)20-12-14-13(2)8-11-24-14;/h8,11H,7,9-10,12H2,1-6H3,(H2,18,19,20);1H. The van der Waals surface area contributed by atoms with Gasteiger partial charge in [0.2, 0.25) is 0 Å². The molecule has 0 aliphatic carbocycles. The first kappa shape index (κ1) is 24.0. The Balaban J connectivity index is 0.00000576. The number of thiophene rings is 1. The molecular formula is C17H31IN4O2S. The summed E-state index contributed by atoms with van der Waals surface area (Å²) in [6, 6.07) is 2.11. The van der Waals surface area contributed by atoms with Crippen LogP contribution in [-0.4, -0.2) is 49.2 Å². The zero-order valence-corrected chi connectivity index (χ0v) is 19.2. The maximum Gasteiger partial charge on any atom is 0.410 e. The molecule has 1 aromatic heterocycles. The number of rotatable bonds is 6. The molecule has 1 heterocycles. The molecule has 0 aliphatic rings. The van der Waals surface area contributed by atoms with Gasteiger partial charge in [0.05, 0.1) is 6.54 Å². The molecule has 0 radical (unpaired) electrons. The summed E-state index contributed by atoms with van der Waals surface area (Å²) < 4.78 is 5.40. The van der Waals surface area contributed by atoms with Crippen LogP contribution >= 0.6 is 35.3 Å². The quantitative estimate of drug-likeness (QED) is 0.370. The third-order valence-electron chi connectivity index (χ3n) is 3.32. The Kier molecular flexibility index (Phi) is 11.1. The van der Waals surface area contributed by atoms with Crippen LogP contribution in [0.1, 0.15) is 38.1 Å². The number of amides is 1. The topological polar surface area (TPSA) is 66.0 Å². The van der Waals surface area contributed by atoms with E-state index in [9.17, 15) is 4.79 Å². The summed E-state index contributed by atoms with van der Waals surface area (Å²) in [6.45, 7) is 12.2. The number of hydrogen-bond acceptors (Lipinski definition) is 4. The number of likely N-dealkylation sites (N-methyl/N-ethyl adjacent to an activating group) is 1. The summed E-state index contributed by atoms with van der Waals surface area (Å²) in [4.78, 5) is 19.3. The first-order valence-corrected chi connectivity index (χ1v) is 9.10. The number of carbonyl (C=O) groups excluding carboxylic acids is 1. The Morgan fingerprint density at radius 3 is 2.52 bits per heavy atom. The van der Waals surface area contributed by atoms with Crippen LogP contribution in [-0.2, 0) is 11.3 Å². The highest BCUT2D eigenvalue weighted by Crippen LogP contribution is 2.14. The van der Waals surface area contributed by atoms with Crippen LogP contribution in [0.2, 0.25) is 0 Å². The normalized spacial score (nSPS) is 11.5. The van der Waals surface area contributed by atoms with Gasteiger partial charge in [-0.05, 0) is 51.6 Å². The van der Waals surface area contributed by atoms with E-state index in [1.807, 2.05) is 27.7 Å². The molecular weight excluding hydrogens is 451 g/mol. The van der Waals surface area contributed by atoms with E-state index in [0.29, 0.717) is 19.6 Å². The van der Waals surface area contributed by atoms with Crippen molar-refractivity contribution in [3.63, 3.8) is 0 Å². The highest BCUT2D eigenvalue weighted by atomic mass is 127. The van der Waals surface area contributed by atoms with E-state index in [0.717, 1.165) is 12.5 Å². The molecule has 144 valence electrons. The molecule has 25 heavy (non-hydrogen) atoms. The molecule has 1 amide bonds. The Labute approximate surface area is 172 Å². The Hall–Kier alpha value is -1.03. The van der Waals surface area contributed by atoms with Crippen molar-refractivity contribution in [3.8, 4) is 0 Å². The number of aliphatic imine (C=N–C) groups is 1. The van der Waals surface area contributed by atoms with Gasteiger partial charge in [0.25, 0.3) is 0 Å². The van der Waals surface area contributed by atoms with E-state index in [2.05, 4.69) is 34.0 Å². The van der Waals surface area contributed by atoms with Crippen molar-refractivity contribution >= 4 is 47.4 Å². The number of nitrogens with one attached hydrogen (secondary N) is 2. The van der Waals surface area contributed by atoms with E-state index < -0.39 is 5.60 Å². The molecule has 1 rings (SSSR count). The molecule has 0 unspecified atom stereocenters. The largest absolute Gasteiger partial charge is 0.444 e. The average Bonchev–Trinajstić information content (AvgIpc) is 2.90. The Bertz CT molecular complexity index is 555. The minimum atomic E-state index is -0.478. The van der Waals surface area contributed by atoms with Gasteiger partial charge in [-0.1, -0.05) is 0 Å². The van der Waals surface area contributed by atoms with E-state index in [-0.39, 0.29) is 30.1 Å². The monoisotopic (exact) mass is 482 g/mol. The van der Waals surface area contributed by atoms with Crippen LogP contribution in [0.5, 0.6) is 0 Å². The lowest BCUT2D eigenvalue weighted by atomic mass is 10.2. The summed E-state index contributed by atoms with van der Waals surface area (Å²) in [6.07, 6.45) is -0.288. The maximum atomic E-state index is 12.1. The predicted octanol–water partition coefficient (Wildman–Crippen LogP) is 3.60. The van der Waals surface area contributed by atoms with Crippen molar-refractivity contribution in [1.29, 1.82) is 0 Å². The van der Waals surface area contributed by atoms with Crippen molar-refractivity contribution in [2.45, 2.75) is 46.8 Å². The van der Waals surface area contributed by atoms with Crippen molar-refractivity contribution in [3.05, 3.63) is 21.9 Å². The second-order valence-electron chi connectivity index (χ2n) is 6.44. The lowest BCUT2D eigenvalue weighted by Crippen LogP contribution is -2.44. The van der Waals surface area contributed by atoms with Gasteiger partial charge in [-0.25, -0.2) is 4.79 Å². The van der Waals surface area contributed by atoms with Crippen LogP contribution in [0.3, 0.4) is 0 Å². The fourth-order valence-electron chi connectivity index (χ4n) is 1.98. The summed E-state index contributed by atoms with van der Waals surface area (Å²) >= 11 is 1.73. The summed E-state index contributed by atoms with van der Waals surface area (Å²) in [5.41, 5.74) is 0.804. The highest BCUT2D eigenvalue weighted by molar-refractivity contribution is 14.0. The van der Waals surface area contributed by atoms with Crippen LogP contribution in [0.15, 0.2) is 16.4 Å². The van der Waals surface area contributed by atoms with E-state index >= 15 is 0 Å². The molecule has 1 aromatic rings. The van der Waals surface area contributed by atoms with Gasteiger partial charge < -0.3 is 20.3 Å². The minimum Gasteiger partial charge on any atom is -0.444 e. The van der Waals surface area contributed by atoms with Crippen LogP contribution in [0.4, 0.5) is 4.79 Å². The van der Waals surface area contributed by atoms with E-state index in [4.69, 9.17) is 4.74 Å². The number of hydrogen-bond donors (Lipinski definition) is 2. The minimum absolute atomic E-state index is 0. The first-order valence-electron chi connectivity index (χ1n) is 8.22. The predicted molar refractivity (Wildman–Crippen MR) is 116 cm³/mol. The zero-order valence-electron chi connectivity index (χ0n) is 16.0. The van der Waals surface area contributed by atoms with Crippen molar-refractivity contribution in [2.24, 2.45) is 4.99 Å². The number of nitrogens with zero attached hydrogens (tertiary/aromatic N) is 2. The van der Waals surface area contributed by atoms with Gasteiger partial charge >= 0.3 is 6.09 Å². The van der Waals surface area contributed by atoms with Crippen molar-refractivity contribution < 1.29 is 9.53 Å². The molecule has 0 saturated carbocycles. The molecule has 0 aromatic carbocycles. The third-order valence-corrected chi connectivity index (χ3v) is 4.34. The third kappa shape index (κ3) is 9.29. The van der Waals surface area contributed by atoms with Crippen LogP contribution < -0.4 is 10.6 Å². The molecule has 8 heteroatoms.